The minimum absolute atomic E-state index is 0.503. The van der Waals surface area contributed by atoms with Crippen molar-refractivity contribution in [2.75, 3.05) is 6.61 Å². The quantitative estimate of drug-likeness (QED) is 0.340. The smallest absolute Gasteiger partial charge is 0.136 e. The fraction of sp³-hybridized carbons (Fsp3) is 0.286. The van der Waals surface area contributed by atoms with E-state index in [0.717, 1.165) is 46.7 Å². The first-order chi connectivity index (χ1) is 12.5. The number of nitrogens with zero attached hydrogens (tertiary/aromatic N) is 2. The third kappa shape index (κ3) is 3.32. The molecule has 0 amide bonds. The second-order valence-electron chi connectivity index (χ2n) is 7.85. The third-order valence-corrected chi connectivity index (χ3v) is 6.27. The van der Waals surface area contributed by atoms with Crippen molar-refractivity contribution in [1.82, 2.24) is 9.55 Å². The van der Waals surface area contributed by atoms with Crippen LogP contribution in [0.3, 0.4) is 0 Å². The topological polar surface area (TPSA) is 36.3 Å². The standard InChI is InChI=1S/C21H24N2O2Si/c1-26(2,3)13-12-24-15-23-14-22-20-16-8-4-6-10-18(16)25-19-11-7-5-9-17(19)21(20)23/h4-11,14H,12-13,15H2,1-3H3. The second-order valence-corrected chi connectivity index (χ2v) is 13.5. The van der Waals surface area contributed by atoms with Crippen LogP contribution >= 0.6 is 0 Å². The first-order valence-corrected chi connectivity index (χ1v) is 12.7. The van der Waals surface area contributed by atoms with Gasteiger partial charge in [-0.2, -0.15) is 0 Å². The summed E-state index contributed by atoms with van der Waals surface area (Å²) in [5.41, 5.74) is 4.06. The van der Waals surface area contributed by atoms with Gasteiger partial charge in [0.2, 0.25) is 0 Å². The third-order valence-electron chi connectivity index (χ3n) is 4.57. The summed E-state index contributed by atoms with van der Waals surface area (Å²) in [7, 11) is -1.09. The number of aromatic nitrogens is 2. The van der Waals surface area contributed by atoms with Crippen LogP contribution < -0.4 is 4.74 Å². The van der Waals surface area contributed by atoms with Gasteiger partial charge in [0.15, 0.2) is 0 Å². The Balaban J connectivity index is 1.71. The number of benzene rings is 2. The van der Waals surface area contributed by atoms with Crippen LogP contribution in [-0.2, 0) is 11.5 Å². The van der Waals surface area contributed by atoms with E-state index >= 15 is 0 Å². The van der Waals surface area contributed by atoms with Crippen molar-refractivity contribution < 1.29 is 9.47 Å². The van der Waals surface area contributed by atoms with Gasteiger partial charge in [-0.1, -0.05) is 43.9 Å². The Morgan fingerprint density at radius 3 is 2.35 bits per heavy atom. The molecule has 1 aromatic heterocycles. The Kier molecular flexibility index (Phi) is 4.42. The highest BCUT2D eigenvalue weighted by Gasteiger charge is 2.24. The molecule has 2 aromatic carbocycles. The van der Waals surface area contributed by atoms with Gasteiger partial charge in [-0.05, 0) is 30.3 Å². The molecular formula is C21H24N2O2Si. The van der Waals surface area contributed by atoms with Crippen LogP contribution in [0.25, 0.3) is 22.5 Å². The summed E-state index contributed by atoms with van der Waals surface area (Å²) in [6.07, 6.45) is 1.87. The molecule has 1 aliphatic rings. The van der Waals surface area contributed by atoms with Crippen molar-refractivity contribution in [2.45, 2.75) is 32.4 Å². The molecule has 0 saturated carbocycles. The average molecular weight is 365 g/mol. The maximum atomic E-state index is 6.18. The van der Waals surface area contributed by atoms with E-state index in [1.54, 1.807) is 0 Å². The number of rotatable bonds is 5. The highest BCUT2D eigenvalue weighted by atomic mass is 28.3. The van der Waals surface area contributed by atoms with Crippen molar-refractivity contribution in [2.24, 2.45) is 0 Å². The summed E-state index contributed by atoms with van der Waals surface area (Å²) in [5, 5.41) is 0. The highest BCUT2D eigenvalue weighted by molar-refractivity contribution is 6.76. The van der Waals surface area contributed by atoms with E-state index < -0.39 is 8.07 Å². The Bertz CT molecular complexity index is 928. The van der Waals surface area contributed by atoms with Crippen molar-refractivity contribution >= 4 is 8.07 Å². The maximum Gasteiger partial charge on any atom is 0.136 e. The van der Waals surface area contributed by atoms with Gasteiger partial charge in [0, 0.05) is 25.8 Å². The molecule has 5 heteroatoms. The first-order valence-electron chi connectivity index (χ1n) is 9.02. The summed E-state index contributed by atoms with van der Waals surface area (Å²) in [5.74, 6) is 1.69. The summed E-state index contributed by atoms with van der Waals surface area (Å²) in [6.45, 7) is 8.39. The number of hydrogen-bond acceptors (Lipinski definition) is 3. The average Bonchev–Trinajstić information content (AvgIpc) is 2.96. The molecule has 0 saturated heterocycles. The number of fused-ring (bicyclic) bond motifs is 5. The molecule has 4 nitrogen and oxygen atoms in total. The fourth-order valence-corrected chi connectivity index (χ4v) is 3.88. The Labute approximate surface area is 155 Å². The molecule has 0 unspecified atom stereocenters. The summed E-state index contributed by atoms with van der Waals surface area (Å²) in [6, 6.07) is 17.3. The second kappa shape index (κ2) is 6.74. The molecule has 0 spiro atoms. The van der Waals surface area contributed by atoms with Crippen LogP contribution in [0.5, 0.6) is 11.5 Å². The predicted octanol–water partition coefficient (Wildman–Crippen LogP) is 5.64. The van der Waals surface area contributed by atoms with E-state index in [0.29, 0.717) is 6.73 Å². The van der Waals surface area contributed by atoms with Gasteiger partial charge >= 0.3 is 0 Å². The van der Waals surface area contributed by atoms with Crippen molar-refractivity contribution in [3.63, 3.8) is 0 Å². The van der Waals surface area contributed by atoms with Gasteiger partial charge in [0.1, 0.15) is 23.9 Å². The highest BCUT2D eigenvalue weighted by Crippen LogP contribution is 2.45. The Morgan fingerprint density at radius 2 is 1.62 bits per heavy atom. The summed E-state index contributed by atoms with van der Waals surface area (Å²) < 4.78 is 14.2. The van der Waals surface area contributed by atoms with Crippen LogP contribution in [0.4, 0.5) is 0 Å². The van der Waals surface area contributed by atoms with Gasteiger partial charge in [0.05, 0.1) is 12.0 Å². The molecule has 1 aliphatic heterocycles. The lowest BCUT2D eigenvalue weighted by Gasteiger charge is -2.16. The minimum Gasteiger partial charge on any atom is -0.456 e. The number of imidazole rings is 1. The molecule has 2 heterocycles. The predicted molar refractivity (Wildman–Crippen MR) is 107 cm³/mol. The molecule has 0 bridgehead atoms. The lowest BCUT2D eigenvalue weighted by Crippen LogP contribution is -2.22. The maximum absolute atomic E-state index is 6.18. The molecule has 3 aromatic rings. The lowest BCUT2D eigenvalue weighted by molar-refractivity contribution is 0.0882. The number of para-hydroxylation sites is 2. The molecule has 4 rings (SSSR count). The Morgan fingerprint density at radius 1 is 0.962 bits per heavy atom. The van der Waals surface area contributed by atoms with Gasteiger partial charge in [0.25, 0.3) is 0 Å². The molecule has 0 N–H and O–H groups in total. The van der Waals surface area contributed by atoms with E-state index in [-0.39, 0.29) is 0 Å². The zero-order chi connectivity index (χ0) is 18.1. The minimum atomic E-state index is -1.09. The zero-order valence-corrected chi connectivity index (χ0v) is 16.5. The monoisotopic (exact) mass is 364 g/mol. The van der Waals surface area contributed by atoms with Crippen LogP contribution in [0, 0.1) is 0 Å². The van der Waals surface area contributed by atoms with E-state index in [1.807, 2.05) is 42.7 Å². The normalized spacial score (nSPS) is 12.6. The van der Waals surface area contributed by atoms with Crippen LogP contribution in [0.2, 0.25) is 25.7 Å². The summed E-state index contributed by atoms with van der Waals surface area (Å²) >= 11 is 0. The van der Waals surface area contributed by atoms with Gasteiger partial charge < -0.3 is 14.0 Å². The molecule has 0 atom stereocenters. The first kappa shape index (κ1) is 17.1. The van der Waals surface area contributed by atoms with E-state index in [4.69, 9.17) is 14.5 Å². The van der Waals surface area contributed by atoms with Gasteiger partial charge in [-0.15, -0.1) is 0 Å². The number of ether oxygens (including phenoxy) is 2. The van der Waals surface area contributed by atoms with Crippen molar-refractivity contribution in [3.05, 3.63) is 54.9 Å². The largest absolute Gasteiger partial charge is 0.456 e. The molecule has 134 valence electrons. The van der Waals surface area contributed by atoms with Crippen LogP contribution in [0.15, 0.2) is 54.9 Å². The SMILES string of the molecule is C[Si](C)(C)CCOCn1cnc2c1-c1ccccc1Oc1ccccc1-2. The zero-order valence-electron chi connectivity index (χ0n) is 15.5. The summed E-state index contributed by atoms with van der Waals surface area (Å²) in [4.78, 5) is 4.70. The van der Waals surface area contributed by atoms with Gasteiger partial charge in [-0.3, -0.25) is 0 Å². The van der Waals surface area contributed by atoms with Crippen molar-refractivity contribution in [3.8, 4) is 34.0 Å². The van der Waals surface area contributed by atoms with E-state index in [1.165, 1.54) is 0 Å². The molecule has 0 fully saturated rings. The van der Waals surface area contributed by atoms with Gasteiger partial charge in [-0.25, -0.2) is 4.98 Å². The van der Waals surface area contributed by atoms with Crippen LogP contribution in [-0.4, -0.2) is 24.2 Å². The Hall–Kier alpha value is -2.37. The fourth-order valence-electron chi connectivity index (χ4n) is 3.12. The van der Waals surface area contributed by atoms with E-state index in [9.17, 15) is 0 Å². The van der Waals surface area contributed by atoms with Crippen molar-refractivity contribution in [1.29, 1.82) is 0 Å². The molecule has 26 heavy (non-hydrogen) atoms. The molecule has 0 radical (unpaired) electrons. The molecular weight excluding hydrogens is 340 g/mol. The number of hydrogen-bond donors (Lipinski definition) is 0. The lowest BCUT2D eigenvalue weighted by atomic mass is 10.0. The molecule has 0 aliphatic carbocycles. The van der Waals surface area contributed by atoms with Crippen LogP contribution in [0.1, 0.15) is 0 Å². The van der Waals surface area contributed by atoms with E-state index in [2.05, 4.69) is 36.3 Å².